The van der Waals surface area contributed by atoms with Crippen molar-refractivity contribution < 1.29 is 5.11 Å². The van der Waals surface area contributed by atoms with E-state index in [1.807, 2.05) is 0 Å². The van der Waals surface area contributed by atoms with Gasteiger partial charge in [0.1, 0.15) is 0 Å². The minimum absolute atomic E-state index is 0.228. The van der Waals surface area contributed by atoms with Crippen LogP contribution in [0.5, 0.6) is 0 Å². The smallest absolute Gasteiger partial charge is 0.0568 e. The Kier molecular flexibility index (Phi) is 7.51. The van der Waals surface area contributed by atoms with Gasteiger partial charge in [0.05, 0.1) is 6.61 Å². The van der Waals surface area contributed by atoms with Crippen molar-refractivity contribution in [2.24, 2.45) is 0 Å². The SMILES string of the molecule is CCNSN(CC)CCO. The number of nitrogens with one attached hydrogen (secondary N) is 1. The van der Waals surface area contributed by atoms with Crippen LogP contribution < -0.4 is 4.72 Å². The molecule has 10 heavy (non-hydrogen) atoms. The number of rotatable bonds is 6. The highest BCUT2D eigenvalue weighted by molar-refractivity contribution is 7.95. The van der Waals surface area contributed by atoms with Crippen molar-refractivity contribution in [3.05, 3.63) is 0 Å². The molecule has 0 aliphatic carbocycles. The fourth-order valence-corrected chi connectivity index (χ4v) is 1.15. The lowest BCUT2D eigenvalue weighted by Crippen LogP contribution is -2.23. The third-order valence-electron chi connectivity index (χ3n) is 1.04. The minimum Gasteiger partial charge on any atom is -0.395 e. The van der Waals surface area contributed by atoms with E-state index in [0.717, 1.165) is 19.6 Å². The van der Waals surface area contributed by atoms with Crippen molar-refractivity contribution in [1.82, 2.24) is 9.03 Å². The van der Waals surface area contributed by atoms with Gasteiger partial charge in [0.15, 0.2) is 0 Å². The van der Waals surface area contributed by atoms with E-state index in [0.29, 0.717) is 0 Å². The zero-order chi connectivity index (χ0) is 7.82. The summed E-state index contributed by atoms with van der Waals surface area (Å²) in [6.45, 7) is 6.99. The number of aliphatic hydroxyl groups is 1. The Morgan fingerprint density at radius 2 is 2.20 bits per heavy atom. The molecule has 0 radical (unpaired) electrons. The van der Waals surface area contributed by atoms with Gasteiger partial charge in [-0.15, -0.1) is 0 Å². The second-order valence-electron chi connectivity index (χ2n) is 1.83. The summed E-state index contributed by atoms with van der Waals surface area (Å²) in [5, 5.41) is 8.58. The molecule has 0 atom stereocenters. The van der Waals surface area contributed by atoms with Crippen LogP contribution in [0.2, 0.25) is 0 Å². The van der Waals surface area contributed by atoms with Crippen LogP contribution in [-0.2, 0) is 0 Å². The fraction of sp³-hybridized carbons (Fsp3) is 1.00. The molecular weight excluding hydrogens is 148 g/mol. The zero-order valence-electron chi connectivity index (χ0n) is 6.63. The van der Waals surface area contributed by atoms with E-state index < -0.39 is 0 Å². The molecule has 0 bridgehead atoms. The van der Waals surface area contributed by atoms with Gasteiger partial charge in [-0.25, -0.2) is 4.31 Å². The molecule has 3 nitrogen and oxygen atoms in total. The lowest BCUT2D eigenvalue weighted by Gasteiger charge is -2.16. The Morgan fingerprint density at radius 1 is 1.50 bits per heavy atom. The second kappa shape index (κ2) is 7.34. The van der Waals surface area contributed by atoms with E-state index in [4.69, 9.17) is 5.11 Å². The van der Waals surface area contributed by atoms with Gasteiger partial charge in [0.25, 0.3) is 0 Å². The summed E-state index contributed by atoms with van der Waals surface area (Å²) in [5.41, 5.74) is 0. The van der Waals surface area contributed by atoms with E-state index in [9.17, 15) is 0 Å². The van der Waals surface area contributed by atoms with Crippen LogP contribution in [0.1, 0.15) is 13.8 Å². The molecule has 0 saturated carbocycles. The predicted molar refractivity (Wildman–Crippen MR) is 45.6 cm³/mol. The predicted octanol–water partition coefficient (Wildman–Crippen LogP) is 0.473. The third-order valence-corrected chi connectivity index (χ3v) is 2.16. The first-order valence-electron chi connectivity index (χ1n) is 3.60. The quantitative estimate of drug-likeness (QED) is 0.560. The van der Waals surface area contributed by atoms with Crippen molar-refractivity contribution in [1.29, 1.82) is 0 Å². The molecule has 0 unspecified atom stereocenters. The molecule has 0 heterocycles. The molecule has 0 rings (SSSR count). The van der Waals surface area contributed by atoms with Crippen LogP contribution in [0.15, 0.2) is 0 Å². The van der Waals surface area contributed by atoms with Gasteiger partial charge in [-0.3, -0.25) is 4.72 Å². The summed E-state index contributed by atoms with van der Waals surface area (Å²) in [5.74, 6) is 0. The van der Waals surface area contributed by atoms with E-state index in [-0.39, 0.29) is 6.61 Å². The zero-order valence-corrected chi connectivity index (χ0v) is 7.45. The molecule has 0 fully saturated rings. The van der Waals surface area contributed by atoms with Gasteiger partial charge in [-0.1, -0.05) is 13.8 Å². The van der Waals surface area contributed by atoms with Gasteiger partial charge >= 0.3 is 0 Å². The standard InChI is InChI=1S/C6H16N2OS/c1-3-7-10-8(4-2)5-6-9/h7,9H,3-6H2,1-2H3. The van der Waals surface area contributed by atoms with Crippen molar-refractivity contribution in [2.45, 2.75) is 13.8 Å². The van der Waals surface area contributed by atoms with Crippen LogP contribution in [0.3, 0.4) is 0 Å². The molecule has 0 aromatic heterocycles. The monoisotopic (exact) mass is 164 g/mol. The molecule has 0 aromatic carbocycles. The second-order valence-corrected chi connectivity index (χ2v) is 2.82. The first-order chi connectivity index (χ1) is 4.85. The maximum absolute atomic E-state index is 8.58. The van der Waals surface area contributed by atoms with Crippen molar-refractivity contribution in [3.8, 4) is 0 Å². The summed E-state index contributed by atoms with van der Waals surface area (Å²) >= 11 is 1.57. The van der Waals surface area contributed by atoms with E-state index in [1.54, 1.807) is 12.1 Å². The number of hydrogen-bond acceptors (Lipinski definition) is 4. The normalized spacial score (nSPS) is 10.8. The maximum Gasteiger partial charge on any atom is 0.0568 e. The van der Waals surface area contributed by atoms with E-state index >= 15 is 0 Å². The minimum atomic E-state index is 0.228. The summed E-state index contributed by atoms with van der Waals surface area (Å²) < 4.78 is 5.19. The number of aliphatic hydroxyl groups excluding tert-OH is 1. The Hall–Kier alpha value is 0.230. The van der Waals surface area contributed by atoms with Gasteiger partial charge in [0, 0.05) is 31.8 Å². The summed E-state index contributed by atoms with van der Waals surface area (Å²) in [6.07, 6.45) is 0. The Balaban J connectivity index is 3.21. The molecule has 0 aliphatic rings. The first-order valence-corrected chi connectivity index (χ1v) is 4.38. The summed E-state index contributed by atoms with van der Waals surface area (Å²) in [6, 6.07) is 0. The van der Waals surface area contributed by atoms with E-state index in [1.165, 1.54) is 0 Å². The van der Waals surface area contributed by atoms with Crippen molar-refractivity contribution in [3.63, 3.8) is 0 Å². The Labute approximate surface area is 67.1 Å². The molecule has 4 heteroatoms. The van der Waals surface area contributed by atoms with Crippen LogP contribution >= 0.6 is 12.1 Å². The number of likely N-dealkylation sites (N-methyl/N-ethyl adjacent to an activating group) is 1. The van der Waals surface area contributed by atoms with Crippen LogP contribution in [0.25, 0.3) is 0 Å². The average molecular weight is 164 g/mol. The fourth-order valence-electron chi connectivity index (χ4n) is 0.536. The van der Waals surface area contributed by atoms with Gasteiger partial charge in [0.2, 0.25) is 0 Å². The largest absolute Gasteiger partial charge is 0.395 e. The Morgan fingerprint density at radius 3 is 2.60 bits per heavy atom. The van der Waals surface area contributed by atoms with Crippen LogP contribution in [0.4, 0.5) is 0 Å². The van der Waals surface area contributed by atoms with Crippen molar-refractivity contribution in [2.75, 3.05) is 26.2 Å². The topological polar surface area (TPSA) is 35.5 Å². The number of hydrogen-bond donors (Lipinski definition) is 2. The van der Waals surface area contributed by atoms with Crippen LogP contribution in [0, 0.1) is 0 Å². The lowest BCUT2D eigenvalue weighted by molar-refractivity contribution is 0.264. The molecule has 0 amide bonds. The highest BCUT2D eigenvalue weighted by Gasteiger charge is 1.98. The van der Waals surface area contributed by atoms with Crippen LogP contribution in [-0.4, -0.2) is 35.7 Å². The molecule has 0 spiro atoms. The number of nitrogens with zero attached hydrogens (tertiary/aromatic N) is 1. The molecule has 2 N–H and O–H groups in total. The molecule has 62 valence electrons. The molecule has 0 aromatic rings. The third kappa shape index (κ3) is 5.05. The highest BCUT2D eigenvalue weighted by atomic mass is 32.2. The van der Waals surface area contributed by atoms with Crippen molar-refractivity contribution >= 4 is 12.1 Å². The Bertz CT molecular complexity index is 72.8. The van der Waals surface area contributed by atoms with Gasteiger partial charge in [-0.05, 0) is 0 Å². The summed E-state index contributed by atoms with van der Waals surface area (Å²) in [4.78, 5) is 0. The lowest BCUT2D eigenvalue weighted by atomic mass is 10.6. The van der Waals surface area contributed by atoms with E-state index in [2.05, 4.69) is 22.9 Å². The molecular formula is C6H16N2OS. The average Bonchev–Trinajstić information content (AvgIpc) is 1.98. The first kappa shape index (κ1) is 10.2. The molecule has 0 saturated heterocycles. The summed E-state index contributed by atoms with van der Waals surface area (Å²) in [7, 11) is 0. The van der Waals surface area contributed by atoms with Gasteiger partial charge < -0.3 is 5.11 Å². The molecule has 0 aliphatic heterocycles. The maximum atomic E-state index is 8.58. The van der Waals surface area contributed by atoms with Gasteiger partial charge in [-0.2, -0.15) is 0 Å². The highest BCUT2D eigenvalue weighted by Crippen LogP contribution is 2.01.